The molecule has 0 saturated heterocycles. The fourth-order valence-electron chi connectivity index (χ4n) is 1.95. The molecule has 0 atom stereocenters. The topological polar surface area (TPSA) is 56.8 Å². The van der Waals surface area contributed by atoms with Crippen LogP contribution in [0, 0.1) is 0 Å². The highest BCUT2D eigenvalue weighted by molar-refractivity contribution is 6.30. The van der Waals surface area contributed by atoms with Crippen molar-refractivity contribution in [2.24, 2.45) is 0 Å². The lowest BCUT2D eigenvalue weighted by Gasteiger charge is -2.11. The lowest BCUT2D eigenvalue weighted by Crippen LogP contribution is -2.28. The molecule has 6 heteroatoms. The number of nitrogens with one attached hydrogen (secondary N) is 1. The van der Waals surface area contributed by atoms with Gasteiger partial charge in [-0.15, -0.1) is 0 Å². The van der Waals surface area contributed by atoms with E-state index in [1.54, 1.807) is 49.6 Å². The van der Waals surface area contributed by atoms with E-state index in [1.165, 1.54) is 7.11 Å². The lowest BCUT2D eigenvalue weighted by molar-refractivity contribution is 0.0944. The standard InChI is InChI=1S/C17H18ClNO4/c1-21-14-7-8-15(16(11-14)22-2)17(20)19-9-10-23-13-5-3-12(18)4-6-13/h3-8,11H,9-10H2,1-2H3,(H,19,20). The van der Waals surface area contributed by atoms with Crippen molar-refractivity contribution >= 4 is 17.5 Å². The molecule has 2 rings (SSSR count). The number of amides is 1. The van der Waals surface area contributed by atoms with Gasteiger partial charge in [-0.1, -0.05) is 11.6 Å². The molecule has 0 spiro atoms. The Labute approximate surface area is 140 Å². The van der Waals surface area contributed by atoms with Crippen LogP contribution in [-0.2, 0) is 0 Å². The Hall–Kier alpha value is -2.40. The second-order valence-corrected chi connectivity index (χ2v) is 5.06. The minimum absolute atomic E-state index is 0.232. The fraction of sp³-hybridized carbons (Fsp3) is 0.235. The first-order chi connectivity index (χ1) is 11.1. The average molecular weight is 336 g/mol. The first kappa shape index (κ1) is 17.0. The Bertz CT molecular complexity index is 658. The molecule has 2 aromatic carbocycles. The molecule has 0 bridgehead atoms. The maximum Gasteiger partial charge on any atom is 0.255 e. The molecule has 2 aromatic rings. The molecule has 0 radical (unpaired) electrons. The smallest absolute Gasteiger partial charge is 0.255 e. The highest BCUT2D eigenvalue weighted by Gasteiger charge is 2.12. The number of ether oxygens (including phenoxy) is 3. The first-order valence-corrected chi connectivity index (χ1v) is 7.40. The van der Waals surface area contributed by atoms with Crippen LogP contribution >= 0.6 is 11.6 Å². The van der Waals surface area contributed by atoms with E-state index < -0.39 is 0 Å². The third-order valence-electron chi connectivity index (χ3n) is 3.12. The van der Waals surface area contributed by atoms with E-state index >= 15 is 0 Å². The van der Waals surface area contributed by atoms with Crippen LogP contribution in [-0.4, -0.2) is 33.3 Å². The number of carbonyl (C=O) groups is 1. The van der Waals surface area contributed by atoms with E-state index in [1.807, 2.05) is 0 Å². The van der Waals surface area contributed by atoms with Gasteiger partial charge >= 0.3 is 0 Å². The molecule has 1 N–H and O–H groups in total. The van der Waals surface area contributed by atoms with Crippen molar-refractivity contribution in [3.05, 3.63) is 53.1 Å². The van der Waals surface area contributed by atoms with Gasteiger partial charge in [0.05, 0.1) is 26.3 Å². The van der Waals surface area contributed by atoms with Crippen LogP contribution in [0.5, 0.6) is 17.2 Å². The van der Waals surface area contributed by atoms with E-state index in [0.29, 0.717) is 41.0 Å². The lowest BCUT2D eigenvalue weighted by atomic mass is 10.1. The minimum atomic E-state index is -0.232. The summed E-state index contributed by atoms with van der Waals surface area (Å²) in [5, 5.41) is 3.43. The molecule has 0 aliphatic heterocycles. The van der Waals surface area contributed by atoms with Gasteiger partial charge in [-0.05, 0) is 36.4 Å². The third-order valence-corrected chi connectivity index (χ3v) is 3.38. The molecule has 122 valence electrons. The highest BCUT2D eigenvalue weighted by atomic mass is 35.5. The zero-order valence-corrected chi connectivity index (χ0v) is 13.7. The van der Waals surface area contributed by atoms with Gasteiger partial charge in [0.1, 0.15) is 23.9 Å². The Balaban J connectivity index is 1.86. The zero-order chi connectivity index (χ0) is 16.7. The molecule has 23 heavy (non-hydrogen) atoms. The largest absolute Gasteiger partial charge is 0.497 e. The minimum Gasteiger partial charge on any atom is -0.497 e. The van der Waals surface area contributed by atoms with Crippen molar-refractivity contribution in [3.8, 4) is 17.2 Å². The molecule has 0 aromatic heterocycles. The predicted molar refractivity (Wildman–Crippen MR) is 88.8 cm³/mol. The SMILES string of the molecule is COc1ccc(C(=O)NCCOc2ccc(Cl)cc2)c(OC)c1. The monoisotopic (exact) mass is 335 g/mol. The second-order valence-electron chi connectivity index (χ2n) is 4.62. The van der Waals surface area contributed by atoms with Crippen molar-refractivity contribution in [1.82, 2.24) is 5.32 Å². The summed E-state index contributed by atoms with van der Waals surface area (Å²) in [5.74, 6) is 1.56. The summed E-state index contributed by atoms with van der Waals surface area (Å²) in [6.07, 6.45) is 0. The third kappa shape index (κ3) is 4.79. The molecule has 0 heterocycles. The molecule has 5 nitrogen and oxygen atoms in total. The van der Waals surface area contributed by atoms with Crippen LogP contribution in [0.2, 0.25) is 5.02 Å². The molecule has 0 saturated carbocycles. The van der Waals surface area contributed by atoms with Crippen LogP contribution in [0.3, 0.4) is 0 Å². The van der Waals surface area contributed by atoms with Gasteiger partial charge in [0.25, 0.3) is 5.91 Å². The van der Waals surface area contributed by atoms with Gasteiger partial charge in [0, 0.05) is 11.1 Å². The van der Waals surface area contributed by atoms with Crippen molar-refractivity contribution in [3.63, 3.8) is 0 Å². The van der Waals surface area contributed by atoms with E-state index in [4.69, 9.17) is 25.8 Å². The van der Waals surface area contributed by atoms with E-state index in [9.17, 15) is 4.79 Å². The summed E-state index contributed by atoms with van der Waals surface area (Å²) in [7, 11) is 3.07. The van der Waals surface area contributed by atoms with Crippen molar-refractivity contribution < 1.29 is 19.0 Å². The number of carbonyl (C=O) groups excluding carboxylic acids is 1. The highest BCUT2D eigenvalue weighted by Crippen LogP contribution is 2.24. The molecule has 0 aliphatic carbocycles. The number of hydrogen-bond acceptors (Lipinski definition) is 4. The van der Waals surface area contributed by atoms with E-state index in [-0.39, 0.29) is 5.91 Å². The molecular weight excluding hydrogens is 318 g/mol. The second kappa shape index (κ2) is 8.29. The molecule has 1 amide bonds. The summed E-state index contributed by atoms with van der Waals surface area (Å²) in [5.41, 5.74) is 0.444. The van der Waals surface area contributed by atoms with Crippen molar-refractivity contribution in [1.29, 1.82) is 0 Å². The summed E-state index contributed by atoms with van der Waals surface area (Å²) in [6.45, 7) is 0.725. The Morgan fingerprint density at radius 2 is 1.74 bits per heavy atom. The number of halogens is 1. The number of hydrogen-bond donors (Lipinski definition) is 1. The fourth-order valence-corrected chi connectivity index (χ4v) is 2.07. The molecule has 0 unspecified atom stereocenters. The van der Waals surface area contributed by atoms with Gasteiger partial charge in [-0.25, -0.2) is 0 Å². The van der Waals surface area contributed by atoms with E-state index in [0.717, 1.165) is 0 Å². The van der Waals surface area contributed by atoms with Gasteiger partial charge in [-0.2, -0.15) is 0 Å². The van der Waals surface area contributed by atoms with Crippen molar-refractivity contribution in [2.45, 2.75) is 0 Å². The number of benzene rings is 2. The van der Waals surface area contributed by atoms with Crippen LogP contribution < -0.4 is 19.5 Å². The quantitative estimate of drug-likeness (QED) is 0.790. The molecular formula is C17H18ClNO4. The van der Waals surface area contributed by atoms with Gasteiger partial charge in [0.15, 0.2) is 0 Å². The summed E-state index contributed by atoms with van der Waals surface area (Å²) in [6, 6.07) is 12.1. The van der Waals surface area contributed by atoms with Gasteiger partial charge < -0.3 is 19.5 Å². The van der Waals surface area contributed by atoms with Crippen molar-refractivity contribution in [2.75, 3.05) is 27.4 Å². The van der Waals surface area contributed by atoms with Gasteiger partial charge in [0.2, 0.25) is 0 Å². The normalized spacial score (nSPS) is 10.0. The maximum absolute atomic E-state index is 12.2. The Kier molecular flexibility index (Phi) is 6.11. The Morgan fingerprint density at radius 3 is 2.39 bits per heavy atom. The number of methoxy groups -OCH3 is 2. The van der Waals surface area contributed by atoms with Crippen LogP contribution in [0.25, 0.3) is 0 Å². The molecule has 0 aliphatic rings. The predicted octanol–water partition coefficient (Wildman–Crippen LogP) is 3.17. The van der Waals surface area contributed by atoms with Crippen LogP contribution in [0.1, 0.15) is 10.4 Å². The average Bonchev–Trinajstić information content (AvgIpc) is 2.59. The Morgan fingerprint density at radius 1 is 1.04 bits per heavy atom. The van der Waals surface area contributed by atoms with E-state index in [2.05, 4.69) is 5.32 Å². The van der Waals surface area contributed by atoms with Gasteiger partial charge in [-0.3, -0.25) is 4.79 Å². The van der Waals surface area contributed by atoms with Crippen LogP contribution in [0.15, 0.2) is 42.5 Å². The number of rotatable bonds is 7. The van der Waals surface area contributed by atoms with Crippen LogP contribution in [0.4, 0.5) is 0 Å². The first-order valence-electron chi connectivity index (χ1n) is 7.02. The summed E-state index contributed by atoms with van der Waals surface area (Å²) >= 11 is 5.80. The maximum atomic E-state index is 12.2. The summed E-state index contributed by atoms with van der Waals surface area (Å²) in [4.78, 5) is 12.2. The molecule has 0 fully saturated rings. The summed E-state index contributed by atoms with van der Waals surface area (Å²) < 4.78 is 15.8. The zero-order valence-electron chi connectivity index (χ0n) is 13.0.